The van der Waals surface area contributed by atoms with Gasteiger partial charge in [-0.1, -0.05) is 55.5 Å². The number of benzene rings is 2. The first-order valence-electron chi connectivity index (χ1n) is 8.36. The molecule has 0 radical (unpaired) electrons. The van der Waals surface area contributed by atoms with Crippen LogP contribution in [0, 0.1) is 0 Å². The summed E-state index contributed by atoms with van der Waals surface area (Å²) >= 11 is 0. The van der Waals surface area contributed by atoms with Crippen LogP contribution in [0.5, 0.6) is 0 Å². The third-order valence-corrected chi connectivity index (χ3v) is 4.94. The van der Waals surface area contributed by atoms with E-state index in [4.69, 9.17) is 4.74 Å². The Labute approximate surface area is 141 Å². The Morgan fingerprint density at radius 2 is 1.79 bits per heavy atom. The lowest BCUT2D eigenvalue weighted by Gasteiger charge is -2.28. The molecular formula is C20H19NO3. The molecule has 24 heavy (non-hydrogen) atoms. The van der Waals surface area contributed by atoms with E-state index < -0.39 is 5.60 Å². The SMILES string of the molecule is CCCN1C(=O)[C@@]2(OC(=O)C[C@@H]2c2ccccc2)c2ccccc21. The Morgan fingerprint density at radius 3 is 2.54 bits per heavy atom. The van der Waals surface area contributed by atoms with Crippen molar-refractivity contribution in [2.75, 3.05) is 11.4 Å². The van der Waals surface area contributed by atoms with E-state index in [1.807, 2.05) is 61.5 Å². The van der Waals surface area contributed by atoms with E-state index in [0.29, 0.717) is 6.54 Å². The molecule has 4 rings (SSSR count). The summed E-state index contributed by atoms with van der Waals surface area (Å²) in [5, 5.41) is 0. The second-order valence-corrected chi connectivity index (χ2v) is 6.35. The molecule has 1 fully saturated rings. The maximum atomic E-state index is 13.4. The molecule has 2 aromatic carbocycles. The Bertz CT molecular complexity index is 802. The lowest BCUT2D eigenvalue weighted by molar-refractivity contribution is -0.157. The van der Waals surface area contributed by atoms with Gasteiger partial charge in [0.15, 0.2) is 0 Å². The van der Waals surface area contributed by atoms with E-state index in [-0.39, 0.29) is 24.2 Å². The summed E-state index contributed by atoms with van der Waals surface area (Å²) in [7, 11) is 0. The third kappa shape index (κ3) is 1.92. The van der Waals surface area contributed by atoms with Crippen LogP contribution in [-0.4, -0.2) is 18.4 Å². The Hall–Kier alpha value is -2.62. The van der Waals surface area contributed by atoms with Crippen LogP contribution in [0.3, 0.4) is 0 Å². The van der Waals surface area contributed by atoms with Crippen molar-refractivity contribution in [3.8, 4) is 0 Å². The number of carbonyl (C=O) groups excluding carboxylic acids is 2. The van der Waals surface area contributed by atoms with Crippen LogP contribution in [-0.2, 0) is 19.9 Å². The smallest absolute Gasteiger partial charge is 0.308 e. The van der Waals surface area contributed by atoms with Gasteiger partial charge in [-0.05, 0) is 18.1 Å². The van der Waals surface area contributed by atoms with E-state index in [1.54, 1.807) is 4.90 Å². The summed E-state index contributed by atoms with van der Waals surface area (Å²) < 4.78 is 5.76. The molecule has 0 aromatic heterocycles. The number of amides is 1. The standard InChI is InChI=1S/C20H19NO3/c1-2-12-21-17-11-7-6-10-15(17)20(19(21)23)16(13-18(22)24-20)14-8-4-3-5-9-14/h3-11,16H,2,12-13H2,1H3/t16-,20-/m1/s1. The molecule has 2 aliphatic heterocycles. The molecule has 2 aliphatic rings. The summed E-state index contributed by atoms with van der Waals surface area (Å²) in [6.45, 7) is 2.66. The predicted molar refractivity (Wildman–Crippen MR) is 90.7 cm³/mol. The van der Waals surface area contributed by atoms with Crippen LogP contribution in [0.15, 0.2) is 54.6 Å². The number of anilines is 1. The van der Waals surface area contributed by atoms with E-state index in [2.05, 4.69) is 0 Å². The highest BCUT2D eigenvalue weighted by atomic mass is 16.6. The largest absolute Gasteiger partial charge is 0.443 e. The highest BCUT2D eigenvalue weighted by Gasteiger charge is 2.62. The maximum absolute atomic E-state index is 13.4. The average molecular weight is 321 g/mol. The van der Waals surface area contributed by atoms with Crippen LogP contribution in [0.4, 0.5) is 5.69 Å². The first-order valence-corrected chi connectivity index (χ1v) is 8.36. The zero-order chi connectivity index (χ0) is 16.7. The molecule has 0 saturated carbocycles. The fourth-order valence-corrected chi connectivity index (χ4v) is 3.97. The van der Waals surface area contributed by atoms with Gasteiger partial charge >= 0.3 is 5.97 Å². The first-order chi connectivity index (χ1) is 11.7. The van der Waals surface area contributed by atoms with Crippen molar-refractivity contribution < 1.29 is 14.3 Å². The number of fused-ring (bicyclic) bond motifs is 2. The highest BCUT2D eigenvalue weighted by molar-refractivity contribution is 6.10. The number of nitrogens with zero attached hydrogens (tertiary/aromatic N) is 1. The number of ether oxygens (including phenoxy) is 1. The number of hydrogen-bond acceptors (Lipinski definition) is 3. The minimum Gasteiger partial charge on any atom is -0.443 e. The summed E-state index contributed by atoms with van der Waals surface area (Å²) in [5.74, 6) is -0.725. The van der Waals surface area contributed by atoms with Gasteiger partial charge in [0.2, 0.25) is 5.60 Å². The van der Waals surface area contributed by atoms with E-state index in [0.717, 1.165) is 23.2 Å². The van der Waals surface area contributed by atoms with Crippen molar-refractivity contribution >= 4 is 17.6 Å². The summed E-state index contributed by atoms with van der Waals surface area (Å²) in [4.78, 5) is 27.3. The number of hydrogen-bond donors (Lipinski definition) is 0. The Kier molecular flexibility index (Phi) is 3.41. The molecule has 0 unspecified atom stereocenters. The van der Waals surface area contributed by atoms with Gasteiger partial charge in [-0.3, -0.25) is 9.59 Å². The van der Waals surface area contributed by atoms with Gasteiger partial charge in [-0.2, -0.15) is 0 Å². The summed E-state index contributed by atoms with van der Waals surface area (Å²) in [6, 6.07) is 17.4. The lowest BCUT2D eigenvalue weighted by Crippen LogP contribution is -2.43. The lowest BCUT2D eigenvalue weighted by atomic mass is 9.78. The second kappa shape index (κ2) is 5.48. The number of esters is 1. The van der Waals surface area contributed by atoms with Crippen LogP contribution < -0.4 is 4.90 Å². The van der Waals surface area contributed by atoms with Gasteiger partial charge in [0.1, 0.15) is 0 Å². The first kappa shape index (κ1) is 14.9. The van der Waals surface area contributed by atoms with Crippen molar-refractivity contribution in [2.45, 2.75) is 31.3 Å². The molecule has 0 bridgehead atoms. The topological polar surface area (TPSA) is 46.6 Å². The molecule has 2 heterocycles. The third-order valence-electron chi connectivity index (χ3n) is 4.94. The Morgan fingerprint density at radius 1 is 1.08 bits per heavy atom. The van der Waals surface area contributed by atoms with Gasteiger partial charge in [0.05, 0.1) is 12.1 Å². The highest BCUT2D eigenvalue weighted by Crippen LogP contribution is 2.55. The number of carbonyl (C=O) groups is 2. The molecule has 0 aliphatic carbocycles. The normalized spacial score (nSPS) is 25.2. The fourth-order valence-electron chi connectivity index (χ4n) is 3.97. The van der Waals surface area contributed by atoms with Gasteiger partial charge in [0.25, 0.3) is 5.91 Å². The molecule has 1 saturated heterocycles. The van der Waals surface area contributed by atoms with E-state index in [9.17, 15) is 9.59 Å². The molecule has 1 amide bonds. The fraction of sp³-hybridized carbons (Fsp3) is 0.300. The number of para-hydroxylation sites is 1. The van der Waals surface area contributed by atoms with Crippen molar-refractivity contribution in [3.05, 3.63) is 65.7 Å². The van der Waals surface area contributed by atoms with Crippen molar-refractivity contribution in [2.24, 2.45) is 0 Å². The van der Waals surface area contributed by atoms with Crippen molar-refractivity contribution in [1.82, 2.24) is 0 Å². The zero-order valence-electron chi connectivity index (χ0n) is 13.6. The van der Waals surface area contributed by atoms with Gasteiger partial charge in [-0.25, -0.2) is 0 Å². The van der Waals surface area contributed by atoms with Crippen LogP contribution in [0.1, 0.15) is 36.8 Å². The minimum atomic E-state index is -1.22. The van der Waals surface area contributed by atoms with Crippen molar-refractivity contribution in [1.29, 1.82) is 0 Å². The second-order valence-electron chi connectivity index (χ2n) is 6.35. The van der Waals surface area contributed by atoms with E-state index >= 15 is 0 Å². The Balaban J connectivity index is 1.91. The summed E-state index contributed by atoms with van der Waals surface area (Å²) in [6.07, 6.45) is 1.07. The molecule has 2 aromatic rings. The van der Waals surface area contributed by atoms with Crippen LogP contribution in [0.2, 0.25) is 0 Å². The monoisotopic (exact) mass is 321 g/mol. The molecule has 4 heteroatoms. The summed E-state index contributed by atoms with van der Waals surface area (Å²) in [5.41, 5.74) is 1.41. The molecular weight excluding hydrogens is 302 g/mol. The zero-order valence-corrected chi connectivity index (χ0v) is 13.6. The number of rotatable bonds is 3. The van der Waals surface area contributed by atoms with Crippen molar-refractivity contribution in [3.63, 3.8) is 0 Å². The molecule has 4 nitrogen and oxygen atoms in total. The van der Waals surface area contributed by atoms with E-state index in [1.165, 1.54) is 0 Å². The molecule has 1 spiro atoms. The quantitative estimate of drug-likeness (QED) is 0.814. The molecule has 122 valence electrons. The van der Waals surface area contributed by atoms with Gasteiger partial charge in [0, 0.05) is 18.0 Å². The van der Waals surface area contributed by atoms with Crippen LogP contribution >= 0.6 is 0 Å². The minimum absolute atomic E-state index is 0.120. The van der Waals surface area contributed by atoms with Gasteiger partial charge < -0.3 is 9.64 Å². The average Bonchev–Trinajstić information content (AvgIpc) is 3.08. The van der Waals surface area contributed by atoms with Gasteiger partial charge in [-0.15, -0.1) is 0 Å². The maximum Gasteiger partial charge on any atom is 0.308 e. The predicted octanol–water partition coefficient (Wildman–Crippen LogP) is 3.37. The van der Waals surface area contributed by atoms with Crippen LogP contribution in [0.25, 0.3) is 0 Å². The molecule has 2 atom stereocenters. The molecule has 0 N–H and O–H groups in total.